The van der Waals surface area contributed by atoms with Gasteiger partial charge in [-0.25, -0.2) is 8.78 Å². The van der Waals surface area contributed by atoms with E-state index in [-0.39, 0.29) is 0 Å². The summed E-state index contributed by atoms with van der Waals surface area (Å²) in [5.74, 6) is -1.20. The Morgan fingerprint density at radius 2 is 1.92 bits per heavy atom. The molecule has 0 bridgehead atoms. The number of benzene rings is 1. The van der Waals surface area contributed by atoms with Gasteiger partial charge in [0.05, 0.1) is 19.3 Å². The summed E-state index contributed by atoms with van der Waals surface area (Å²) >= 11 is 0. The summed E-state index contributed by atoms with van der Waals surface area (Å²) in [7, 11) is 0. The molecule has 2 unspecified atom stereocenters. The van der Waals surface area contributed by atoms with E-state index in [0.29, 0.717) is 18.0 Å². The topological polar surface area (TPSA) is 35.9 Å². The zero-order valence-corrected chi connectivity index (χ0v) is 14.0. The van der Waals surface area contributed by atoms with Crippen molar-refractivity contribution in [3.63, 3.8) is 0 Å². The Morgan fingerprint density at radius 1 is 1.12 bits per heavy atom. The third-order valence-corrected chi connectivity index (χ3v) is 4.98. The maximum atomic E-state index is 13.3. The third-order valence-electron chi connectivity index (χ3n) is 4.98. The van der Waals surface area contributed by atoms with E-state index < -0.39 is 17.7 Å². The van der Waals surface area contributed by atoms with Crippen LogP contribution in [0.5, 0.6) is 0 Å². The fraction of sp³-hybridized carbons (Fsp3) is 0.667. The Bertz CT molecular complexity index is 538. The first kappa shape index (κ1) is 17.7. The lowest BCUT2D eigenvalue weighted by Gasteiger charge is -2.37. The molecule has 0 saturated carbocycles. The first-order valence-electron chi connectivity index (χ1n) is 8.77. The summed E-state index contributed by atoms with van der Waals surface area (Å²) in [6.45, 7) is 7.03. The van der Waals surface area contributed by atoms with E-state index in [4.69, 9.17) is 4.74 Å². The number of ether oxygens (including phenoxy) is 1. The van der Waals surface area contributed by atoms with E-state index in [0.717, 1.165) is 64.5 Å². The number of likely N-dealkylation sites (tertiary alicyclic amines) is 1. The van der Waals surface area contributed by atoms with E-state index in [9.17, 15) is 13.9 Å². The van der Waals surface area contributed by atoms with E-state index in [1.54, 1.807) is 0 Å². The molecule has 24 heavy (non-hydrogen) atoms. The molecule has 134 valence electrons. The van der Waals surface area contributed by atoms with Gasteiger partial charge in [0.2, 0.25) is 0 Å². The fourth-order valence-electron chi connectivity index (χ4n) is 3.68. The van der Waals surface area contributed by atoms with Crippen LogP contribution in [0, 0.1) is 17.6 Å². The van der Waals surface area contributed by atoms with Crippen LogP contribution in [0.3, 0.4) is 0 Å². The minimum absolute atomic E-state index is 0.434. The Morgan fingerprint density at radius 3 is 2.67 bits per heavy atom. The molecule has 0 spiro atoms. The van der Waals surface area contributed by atoms with E-state index in [2.05, 4.69) is 9.80 Å². The minimum atomic E-state index is -0.907. The van der Waals surface area contributed by atoms with Crippen LogP contribution < -0.4 is 0 Å². The van der Waals surface area contributed by atoms with Crippen LogP contribution in [0.25, 0.3) is 0 Å². The van der Waals surface area contributed by atoms with Crippen molar-refractivity contribution in [2.75, 3.05) is 52.5 Å². The van der Waals surface area contributed by atoms with Crippen LogP contribution >= 0.6 is 0 Å². The maximum absolute atomic E-state index is 13.3. The zero-order valence-electron chi connectivity index (χ0n) is 14.0. The van der Waals surface area contributed by atoms with Crippen molar-refractivity contribution in [1.29, 1.82) is 0 Å². The van der Waals surface area contributed by atoms with E-state index in [1.807, 2.05) is 0 Å². The summed E-state index contributed by atoms with van der Waals surface area (Å²) in [5.41, 5.74) is 0.434. The van der Waals surface area contributed by atoms with Crippen molar-refractivity contribution in [2.24, 2.45) is 5.92 Å². The molecule has 2 heterocycles. The lowest BCUT2D eigenvalue weighted by Crippen LogP contribution is -2.45. The number of aliphatic hydroxyl groups is 1. The van der Waals surface area contributed by atoms with Gasteiger partial charge in [-0.1, -0.05) is 6.07 Å². The molecule has 4 nitrogen and oxygen atoms in total. The summed E-state index contributed by atoms with van der Waals surface area (Å²) in [6.07, 6.45) is 1.52. The molecular formula is C18H26F2N2O2. The molecule has 2 fully saturated rings. The molecule has 0 amide bonds. The molecule has 3 rings (SSSR count). The average Bonchev–Trinajstić information content (AvgIpc) is 2.58. The minimum Gasteiger partial charge on any atom is -0.387 e. The van der Waals surface area contributed by atoms with Gasteiger partial charge in [-0.2, -0.15) is 0 Å². The summed E-state index contributed by atoms with van der Waals surface area (Å²) in [5, 5.41) is 10.3. The van der Waals surface area contributed by atoms with Gasteiger partial charge in [-0.15, -0.1) is 0 Å². The lowest BCUT2D eigenvalue weighted by molar-refractivity contribution is 0.0187. The predicted molar refractivity (Wildman–Crippen MR) is 87.7 cm³/mol. The Labute approximate surface area is 142 Å². The van der Waals surface area contributed by atoms with Crippen molar-refractivity contribution in [1.82, 2.24) is 9.80 Å². The molecule has 2 aliphatic heterocycles. The highest BCUT2D eigenvalue weighted by Crippen LogP contribution is 2.22. The molecule has 0 aromatic heterocycles. The van der Waals surface area contributed by atoms with Gasteiger partial charge >= 0.3 is 0 Å². The van der Waals surface area contributed by atoms with Gasteiger partial charge in [-0.05, 0) is 43.0 Å². The number of aliphatic hydroxyl groups excluding tert-OH is 1. The first-order valence-corrected chi connectivity index (χ1v) is 8.77. The highest BCUT2D eigenvalue weighted by molar-refractivity contribution is 5.20. The number of piperidine rings is 1. The Balaban J connectivity index is 1.51. The van der Waals surface area contributed by atoms with Crippen molar-refractivity contribution in [3.05, 3.63) is 35.4 Å². The second-order valence-corrected chi connectivity index (χ2v) is 6.87. The number of hydrogen-bond acceptors (Lipinski definition) is 4. The van der Waals surface area contributed by atoms with Crippen molar-refractivity contribution < 1.29 is 18.6 Å². The first-order chi connectivity index (χ1) is 11.6. The van der Waals surface area contributed by atoms with Crippen LogP contribution in [-0.4, -0.2) is 67.4 Å². The number of morpholine rings is 1. The van der Waals surface area contributed by atoms with Crippen LogP contribution in [0.2, 0.25) is 0 Å². The van der Waals surface area contributed by atoms with Gasteiger partial charge in [0.15, 0.2) is 11.6 Å². The Hall–Kier alpha value is -1.08. The molecule has 2 saturated heterocycles. The quantitative estimate of drug-likeness (QED) is 0.890. The van der Waals surface area contributed by atoms with Crippen molar-refractivity contribution in [3.8, 4) is 0 Å². The molecule has 0 aliphatic carbocycles. The Kier molecular flexibility index (Phi) is 6.16. The summed E-state index contributed by atoms with van der Waals surface area (Å²) < 4.78 is 31.7. The predicted octanol–water partition coefficient (Wildman–Crippen LogP) is 2.04. The highest BCUT2D eigenvalue weighted by atomic mass is 19.2. The summed E-state index contributed by atoms with van der Waals surface area (Å²) in [4.78, 5) is 4.68. The molecule has 1 aromatic rings. The smallest absolute Gasteiger partial charge is 0.159 e. The van der Waals surface area contributed by atoms with Crippen LogP contribution in [0.15, 0.2) is 18.2 Å². The number of rotatable bonds is 5. The fourth-order valence-corrected chi connectivity index (χ4v) is 3.68. The third kappa shape index (κ3) is 4.72. The molecule has 1 N–H and O–H groups in total. The second kappa shape index (κ2) is 8.34. The van der Waals surface area contributed by atoms with Crippen molar-refractivity contribution >= 4 is 0 Å². The monoisotopic (exact) mass is 340 g/mol. The molecule has 2 atom stereocenters. The van der Waals surface area contributed by atoms with Gasteiger partial charge in [-0.3, -0.25) is 4.90 Å². The van der Waals surface area contributed by atoms with Crippen LogP contribution in [0.1, 0.15) is 24.5 Å². The molecule has 1 aromatic carbocycles. The van der Waals surface area contributed by atoms with Gasteiger partial charge < -0.3 is 14.7 Å². The lowest BCUT2D eigenvalue weighted by atomic mass is 9.96. The van der Waals surface area contributed by atoms with Crippen molar-refractivity contribution in [2.45, 2.75) is 18.9 Å². The van der Waals surface area contributed by atoms with E-state index >= 15 is 0 Å². The van der Waals surface area contributed by atoms with Crippen LogP contribution in [0.4, 0.5) is 8.78 Å². The molecule has 2 aliphatic rings. The standard InChI is InChI=1S/C18H26F2N2O2/c19-16-4-3-15(10-17(16)20)18(23)13-22-5-1-2-14(12-22)11-21-6-8-24-9-7-21/h3-4,10,14,18,23H,1-2,5-9,11-13H2. The zero-order chi connectivity index (χ0) is 16.9. The number of halogens is 2. The summed E-state index contributed by atoms with van der Waals surface area (Å²) in [6, 6.07) is 3.62. The largest absolute Gasteiger partial charge is 0.387 e. The normalized spacial score (nSPS) is 24.9. The van der Waals surface area contributed by atoms with Gasteiger partial charge in [0.1, 0.15) is 0 Å². The highest BCUT2D eigenvalue weighted by Gasteiger charge is 2.25. The van der Waals surface area contributed by atoms with Crippen LogP contribution in [-0.2, 0) is 4.74 Å². The van der Waals surface area contributed by atoms with Gasteiger partial charge in [0, 0.05) is 32.7 Å². The average molecular weight is 340 g/mol. The second-order valence-electron chi connectivity index (χ2n) is 6.87. The van der Waals surface area contributed by atoms with E-state index in [1.165, 1.54) is 12.5 Å². The maximum Gasteiger partial charge on any atom is 0.159 e. The van der Waals surface area contributed by atoms with Gasteiger partial charge in [0.25, 0.3) is 0 Å². The molecule has 0 radical (unpaired) electrons. The number of β-amino-alcohol motifs (C(OH)–C–C–N with tert-alkyl or cyclic N) is 1. The number of hydrogen-bond donors (Lipinski definition) is 1. The molecule has 6 heteroatoms. The number of nitrogens with zero attached hydrogens (tertiary/aromatic N) is 2. The SMILES string of the molecule is OC(CN1CCCC(CN2CCOCC2)C1)c1ccc(F)c(F)c1. The molecular weight excluding hydrogens is 314 g/mol.